The van der Waals surface area contributed by atoms with Gasteiger partial charge in [-0.15, -0.1) is 0 Å². The Hall–Kier alpha value is -2.24. The highest BCUT2D eigenvalue weighted by atomic mass is 16.6. The summed E-state index contributed by atoms with van der Waals surface area (Å²) < 4.78 is 10.1. The van der Waals surface area contributed by atoms with Gasteiger partial charge in [-0.1, -0.05) is 12.1 Å². The highest BCUT2D eigenvalue weighted by molar-refractivity contribution is 5.89. The minimum atomic E-state index is -0.464. The Balaban J connectivity index is 1.95. The maximum absolute atomic E-state index is 11.6. The van der Waals surface area contributed by atoms with Crippen LogP contribution in [0.3, 0.4) is 0 Å². The number of carbonyl (C=O) groups is 2. The van der Waals surface area contributed by atoms with Crippen molar-refractivity contribution in [3.63, 3.8) is 0 Å². The molecule has 1 aromatic rings. The van der Waals surface area contributed by atoms with E-state index >= 15 is 0 Å². The van der Waals surface area contributed by atoms with E-state index < -0.39 is 6.09 Å². The second-order valence-corrected chi connectivity index (χ2v) is 5.89. The van der Waals surface area contributed by atoms with E-state index in [2.05, 4.69) is 5.32 Å². The lowest BCUT2D eigenvalue weighted by Crippen LogP contribution is -2.40. The zero-order valence-electron chi connectivity index (χ0n) is 12.5. The summed E-state index contributed by atoms with van der Waals surface area (Å²) in [6.45, 7) is 6.73. The van der Waals surface area contributed by atoms with Crippen molar-refractivity contribution in [3.05, 3.63) is 29.8 Å². The lowest BCUT2D eigenvalue weighted by molar-refractivity contribution is 0.131. The van der Waals surface area contributed by atoms with E-state index in [1.54, 1.807) is 4.90 Å². The first-order valence-corrected chi connectivity index (χ1v) is 6.83. The van der Waals surface area contributed by atoms with E-state index in [9.17, 15) is 9.59 Å². The molecule has 1 N–H and O–H groups in total. The molecule has 114 valence electrons. The molecule has 0 bridgehead atoms. The fourth-order valence-corrected chi connectivity index (χ4v) is 1.93. The monoisotopic (exact) mass is 292 g/mol. The van der Waals surface area contributed by atoms with Gasteiger partial charge in [-0.3, -0.25) is 4.90 Å². The summed E-state index contributed by atoms with van der Waals surface area (Å²) in [6, 6.07) is 7.30. The first-order valence-electron chi connectivity index (χ1n) is 6.83. The molecule has 1 fully saturated rings. The maximum Gasteiger partial charge on any atom is 0.414 e. The van der Waals surface area contributed by atoms with Crippen LogP contribution < -0.4 is 10.2 Å². The van der Waals surface area contributed by atoms with Crippen LogP contribution in [0.5, 0.6) is 0 Å². The topological polar surface area (TPSA) is 67.9 Å². The largest absolute Gasteiger partial charge is 0.447 e. The third-order valence-electron chi connectivity index (χ3n) is 2.83. The summed E-state index contributed by atoms with van der Waals surface area (Å²) in [5, 5.41) is 2.72. The predicted octanol–water partition coefficient (Wildman–Crippen LogP) is 2.67. The number of benzene rings is 1. The second kappa shape index (κ2) is 6.03. The van der Waals surface area contributed by atoms with Gasteiger partial charge in [0.15, 0.2) is 0 Å². The molecule has 1 saturated heterocycles. The Kier molecular flexibility index (Phi) is 4.35. The Morgan fingerprint density at radius 2 is 2.19 bits per heavy atom. The quantitative estimate of drug-likeness (QED) is 0.930. The van der Waals surface area contributed by atoms with Crippen molar-refractivity contribution in [2.24, 2.45) is 0 Å². The molecule has 0 atom stereocenters. The van der Waals surface area contributed by atoms with Crippen molar-refractivity contribution in [2.75, 3.05) is 18.1 Å². The molecule has 2 amide bonds. The van der Waals surface area contributed by atoms with Crippen molar-refractivity contribution >= 4 is 17.9 Å². The first-order chi connectivity index (χ1) is 9.85. The van der Waals surface area contributed by atoms with E-state index in [-0.39, 0.29) is 18.2 Å². The van der Waals surface area contributed by atoms with Gasteiger partial charge in [0, 0.05) is 11.2 Å². The van der Waals surface area contributed by atoms with Crippen LogP contribution in [0.4, 0.5) is 15.3 Å². The molecule has 0 aliphatic carbocycles. The molecule has 1 aliphatic rings. The molecule has 1 aliphatic heterocycles. The molecule has 0 aromatic heterocycles. The van der Waals surface area contributed by atoms with E-state index in [1.807, 2.05) is 45.0 Å². The van der Waals surface area contributed by atoms with Crippen LogP contribution in [0, 0.1) is 0 Å². The van der Waals surface area contributed by atoms with E-state index in [0.29, 0.717) is 13.2 Å². The summed E-state index contributed by atoms with van der Waals surface area (Å²) in [5.74, 6) is 0. The van der Waals surface area contributed by atoms with Crippen LogP contribution in [0.15, 0.2) is 24.3 Å². The van der Waals surface area contributed by atoms with Crippen molar-refractivity contribution in [2.45, 2.75) is 32.9 Å². The van der Waals surface area contributed by atoms with Gasteiger partial charge in [-0.05, 0) is 38.5 Å². The number of anilines is 1. The highest BCUT2D eigenvalue weighted by Crippen LogP contribution is 2.20. The van der Waals surface area contributed by atoms with Gasteiger partial charge < -0.3 is 14.8 Å². The van der Waals surface area contributed by atoms with Crippen molar-refractivity contribution in [1.82, 2.24) is 5.32 Å². The number of nitrogens with zero attached hydrogens (tertiary/aromatic N) is 1. The lowest BCUT2D eigenvalue weighted by Gasteiger charge is -2.20. The van der Waals surface area contributed by atoms with Crippen LogP contribution in [-0.2, 0) is 16.1 Å². The molecule has 6 heteroatoms. The van der Waals surface area contributed by atoms with Gasteiger partial charge in [-0.25, -0.2) is 9.59 Å². The van der Waals surface area contributed by atoms with Crippen LogP contribution in [0.1, 0.15) is 26.3 Å². The molecular weight excluding hydrogens is 272 g/mol. The van der Waals surface area contributed by atoms with Crippen LogP contribution >= 0.6 is 0 Å². The summed E-state index contributed by atoms with van der Waals surface area (Å²) in [4.78, 5) is 24.7. The third-order valence-corrected chi connectivity index (χ3v) is 2.83. The van der Waals surface area contributed by atoms with E-state index in [0.717, 1.165) is 11.3 Å². The molecule has 1 aromatic carbocycles. The van der Waals surface area contributed by atoms with Gasteiger partial charge in [0.25, 0.3) is 0 Å². The molecular formula is C15H20N2O4. The molecule has 0 saturated carbocycles. The standard InChI is InChI=1S/C15H20N2O4/c1-15(2,3)16-13(18)21-10-11-5-4-6-12(9-11)17-7-8-20-14(17)19/h4-6,9H,7-8,10H2,1-3H3,(H,16,18). The smallest absolute Gasteiger partial charge is 0.414 e. The fourth-order valence-electron chi connectivity index (χ4n) is 1.93. The summed E-state index contributed by atoms with van der Waals surface area (Å²) in [6.07, 6.45) is -0.813. The van der Waals surface area contributed by atoms with Gasteiger partial charge in [0.05, 0.1) is 6.54 Å². The van der Waals surface area contributed by atoms with Gasteiger partial charge in [0.1, 0.15) is 13.2 Å². The SMILES string of the molecule is CC(C)(C)NC(=O)OCc1cccc(N2CCOC2=O)c1. The highest BCUT2D eigenvalue weighted by Gasteiger charge is 2.23. The Labute approximate surface area is 124 Å². The third kappa shape index (κ3) is 4.37. The van der Waals surface area contributed by atoms with Crippen LogP contribution in [0.2, 0.25) is 0 Å². The number of amides is 2. The molecule has 21 heavy (non-hydrogen) atoms. The Bertz CT molecular complexity index is 537. The normalized spacial score (nSPS) is 14.8. The van der Waals surface area contributed by atoms with E-state index in [1.165, 1.54) is 0 Å². The van der Waals surface area contributed by atoms with E-state index in [4.69, 9.17) is 9.47 Å². The second-order valence-electron chi connectivity index (χ2n) is 5.89. The number of nitrogens with one attached hydrogen (secondary N) is 1. The number of cyclic esters (lactones) is 1. The number of hydrogen-bond acceptors (Lipinski definition) is 4. The van der Waals surface area contributed by atoms with Crippen molar-refractivity contribution < 1.29 is 19.1 Å². The molecule has 2 rings (SSSR count). The molecule has 0 unspecified atom stereocenters. The van der Waals surface area contributed by atoms with Crippen LogP contribution in [-0.4, -0.2) is 30.9 Å². The van der Waals surface area contributed by atoms with Crippen molar-refractivity contribution in [1.29, 1.82) is 0 Å². The average Bonchev–Trinajstić information content (AvgIpc) is 2.81. The number of alkyl carbamates (subject to hydrolysis) is 1. The van der Waals surface area contributed by atoms with Gasteiger partial charge in [-0.2, -0.15) is 0 Å². The zero-order chi connectivity index (χ0) is 15.5. The molecule has 6 nitrogen and oxygen atoms in total. The molecule has 0 spiro atoms. The number of hydrogen-bond donors (Lipinski definition) is 1. The Morgan fingerprint density at radius 3 is 2.81 bits per heavy atom. The summed E-state index contributed by atoms with van der Waals surface area (Å²) in [7, 11) is 0. The fraction of sp³-hybridized carbons (Fsp3) is 0.467. The summed E-state index contributed by atoms with van der Waals surface area (Å²) in [5.41, 5.74) is 1.23. The summed E-state index contributed by atoms with van der Waals surface area (Å²) >= 11 is 0. The van der Waals surface area contributed by atoms with Crippen molar-refractivity contribution in [3.8, 4) is 0 Å². The van der Waals surface area contributed by atoms with Gasteiger partial charge in [0.2, 0.25) is 0 Å². The number of ether oxygens (including phenoxy) is 2. The average molecular weight is 292 g/mol. The lowest BCUT2D eigenvalue weighted by atomic mass is 10.1. The zero-order valence-corrected chi connectivity index (χ0v) is 12.5. The maximum atomic E-state index is 11.6. The first kappa shape index (κ1) is 15.2. The Morgan fingerprint density at radius 1 is 1.43 bits per heavy atom. The molecule has 0 radical (unpaired) electrons. The van der Waals surface area contributed by atoms with Crippen LogP contribution in [0.25, 0.3) is 0 Å². The number of rotatable bonds is 3. The predicted molar refractivity (Wildman–Crippen MR) is 78.2 cm³/mol. The van der Waals surface area contributed by atoms with Gasteiger partial charge >= 0.3 is 12.2 Å². The molecule has 1 heterocycles. The number of carbonyl (C=O) groups excluding carboxylic acids is 2. The minimum absolute atomic E-state index is 0.151. The minimum Gasteiger partial charge on any atom is -0.447 e.